The van der Waals surface area contributed by atoms with Gasteiger partial charge in [0, 0.05) is 18.6 Å². The van der Waals surface area contributed by atoms with Crippen LogP contribution in [0.25, 0.3) is 0 Å². The normalized spacial score (nSPS) is 11.8. The summed E-state index contributed by atoms with van der Waals surface area (Å²) in [6, 6.07) is -1.12. The summed E-state index contributed by atoms with van der Waals surface area (Å²) in [6.07, 6.45) is 1.69. The molecular weight excluding hydrogens is 234 g/mol. The second-order valence-corrected chi connectivity index (χ2v) is 4.12. The Hall–Kier alpha value is -1.24. The third-order valence-electron chi connectivity index (χ3n) is 1.81. The van der Waals surface area contributed by atoms with E-state index in [9.17, 15) is 14.4 Å². The van der Waals surface area contributed by atoms with Gasteiger partial charge >= 0.3 is 11.9 Å². The van der Waals surface area contributed by atoms with Gasteiger partial charge in [-0.1, -0.05) is 0 Å². The van der Waals surface area contributed by atoms with Crippen molar-refractivity contribution in [2.24, 2.45) is 0 Å². The van der Waals surface area contributed by atoms with Crippen molar-refractivity contribution < 1.29 is 24.6 Å². The zero-order valence-electron chi connectivity index (χ0n) is 8.93. The first-order valence-corrected chi connectivity index (χ1v) is 6.09. The molecule has 0 radical (unpaired) electrons. The lowest BCUT2D eigenvalue weighted by molar-refractivity contribution is -0.143. The van der Waals surface area contributed by atoms with E-state index >= 15 is 0 Å². The van der Waals surface area contributed by atoms with Crippen molar-refractivity contribution in [3.05, 3.63) is 0 Å². The Balaban J connectivity index is 4.07. The maximum absolute atomic E-state index is 11.2. The highest BCUT2D eigenvalue weighted by molar-refractivity contribution is 7.98. The molecule has 0 aromatic carbocycles. The van der Waals surface area contributed by atoms with Gasteiger partial charge in [-0.05, 0) is 12.7 Å². The molecule has 3 N–H and O–H groups in total. The first-order chi connectivity index (χ1) is 7.47. The highest BCUT2D eigenvalue weighted by Gasteiger charge is 2.20. The van der Waals surface area contributed by atoms with Gasteiger partial charge in [-0.15, -0.1) is 0 Å². The second kappa shape index (κ2) is 7.98. The van der Waals surface area contributed by atoms with Gasteiger partial charge < -0.3 is 15.5 Å². The minimum Gasteiger partial charge on any atom is -0.481 e. The van der Waals surface area contributed by atoms with Crippen LogP contribution in [0.4, 0.5) is 0 Å². The van der Waals surface area contributed by atoms with Crippen molar-refractivity contribution in [2.75, 3.05) is 12.0 Å². The summed E-state index contributed by atoms with van der Waals surface area (Å²) in [4.78, 5) is 32.2. The number of carboxylic acids is 2. The average molecular weight is 249 g/mol. The molecule has 0 saturated heterocycles. The molecule has 0 bridgehead atoms. The van der Waals surface area contributed by atoms with E-state index in [0.717, 1.165) is 0 Å². The average Bonchev–Trinajstić information content (AvgIpc) is 2.20. The maximum Gasteiger partial charge on any atom is 0.326 e. The van der Waals surface area contributed by atoms with E-state index < -0.39 is 18.0 Å². The summed E-state index contributed by atoms with van der Waals surface area (Å²) in [5, 5.41) is 19.4. The molecule has 0 aliphatic heterocycles. The van der Waals surface area contributed by atoms with Crippen molar-refractivity contribution in [1.29, 1.82) is 0 Å². The SMILES string of the molecule is CSCCC(=O)N[C@@H](CCC(=O)O)C(=O)O. The number of carboxylic acid groups (broad SMARTS) is 2. The Morgan fingerprint density at radius 3 is 2.31 bits per heavy atom. The summed E-state index contributed by atoms with van der Waals surface area (Å²) < 4.78 is 0. The van der Waals surface area contributed by atoms with Crippen LogP contribution in [0, 0.1) is 0 Å². The van der Waals surface area contributed by atoms with Gasteiger partial charge in [-0.3, -0.25) is 9.59 Å². The number of hydrogen-bond donors (Lipinski definition) is 3. The van der Waals surface area contributed by atoms with Crippen molar-refractivity contribution in [2.45, 2.75) is 25.3 Å². The molecule has 92 valence electrons. The van der Waals surface area contributed by atoms with E-state index in [2.05, 4.69) is 5.32 Å². The van der Waals surface area contributed by atoms with Crippen molar-refractivity contribution in [3.8, 4) is 0 Å². The predicted molar refractivity (Wildman–Crippen MR) is 59.4 cm³/mol. The Bertz CT molecular complexity index is 269. The number of amides is 1. The molecule has 0 heterocycles. The van der Waals surface area contributed by atoms with Crippen LogP contribution in [0.3, 0.4) is 0 Å². The fourth-order valence-corrected chi connectivity index (χ4v) is 1.38. The smallest absolute Gasteiger partial charge is 0.326 e. The summed E-state index contributed by atoms with van der Waals surface area (Å²) in [5.41, 5.74) is 0. The van der Waals surface area contributed by atoms with Gasteiger partial charge in [0.05, 0.1) is 0 Å². The molecule has 0 aliphatic carbocycles. The molecule has 0 aromatic rings. The van der Waals surface area contributed by atoms with Crippen LogP contribution >= 0.6 is 11.8 Å². The summed E-state index contributed by atoms with van der Waals surface area (Å²) >= 11 is 1.48. The van der Waals surface area contributed by atoms with E-state index in [0.29, 0.717) is 5.75 Å². The monoisotopic (exact) mass is 249 g/mol. The molecule has 0 fully saturated rings. The zero-order valence-corrected chi connectivity index (χ0v) is 9.75. The van der Waals surface area contributed by atoms with Crippen molar-refractivity contribution >= 4 is 29.6 Å². The summed E-state index contributed by atoms with van der Waals surface area (Å²) in [6.45, 7) is 0. The lowest BCUT2D eigenvalue weighted by Crippen LogP contribution is -2.41. The van der Waals surface area contributed by atoms with E-state index in [4.69, 9.17) is 10.2 Å². The maximum atomic E-state index is 11.2. The summed E-state index contributed by atoms with van der Waals surface area (Å²) in [7, 11) is 0. The summed E-state index contributed by atoms with van der Waals surface area (Å²) in [5.74, 6) is -2.05. The highest BCUT2D eigenvalue weighted by atomic mass is 32.2. The fraction of sp³-hybridized carbons (Fsp3) is 0.667. The Kier molecular flexibility index (Phi) is 7.36. The first-order valence-electron chi connectivity index (χ1n) is 4.70. The molecule has 0 aromatic heterocycles. The van der Waals surface area contributed by atoms with Crippen LogP contribution in [0.1, 0.15) is 19.3 Å². The van der Waals surface area contributed by atoms with Crippen LogP contribution in [-0.2, 0) is 14.4 Å². The van der Waals surface area contributed by atoms with Crippen LogP contribution in [0.15, 0.2) is 0 Å². The first kappa shape index (κ1) is 14.8. The van der Waals surface area contributed by atoms with Gasteiger partial charge in [-0.25, -0.2) is 4.79 Å². The van der Waals surface area contributed by atoms with E-state index in [1.54, 1.807) is 0 Å². The molecular formula is C9H15NO5S. The number of carbonyl (C=O) groups is 3. The van der Waals surface area contributed by atoms with Gasteiger partial charge in [0.1, 0.15) is 6.04 Å². The molecule has 0 unspecified atom stereocenters. The van der Waals surface area contributed by atoms with Gasteiger partial charge in [0.15, 0.2) is 0 Å². The lowest BCUT2D eigenvalue weighted by Gasteiger charge is -2.13. The van der Waals surface area contributed by atoms with Gasteiger partial charge in [0.25, 0.3) is 0 Å². The molecule has 1 atom stereocenters. The van der Waals surface area contributed by atoms with Crippen LogP contribution in [0.5, 0.6) is 0 Å². The third-order valence-corrected chi connectivity index (χ3v) is 2.43. The third kappa shape index (κ3) is 7.10. The van der Waals surface area contributed by atoms with Gasteiger partial charge in [0.2, 0.25) is 5.91 Å². The van der Waals surface area contributed by atoms with E-state index in [1.807, 2.05) is 6.26 Å². The number of aliphatic carboxylic acids is 2. The van der Waals surface area contributed by atoms with Crippen molar-refractivity contribution in [1.82, 2.24) is 5.32 Å². The number of carbonyl (C=O) groups excluding carboxylic acids is 1. The fourth-order valence-electron chi connectivity index (χ4n) is 0.986. The zero-order chi connectivity index (χ0) is 12.6. The Labute approximate surface area is 97.4 Å². The number of rotatable bonds is 8. The minimum atomic E-state index is -1.21. The van der Waals surface area contributed by atoms with Crippen LogP contribution in [0.2, 0.25) is 0 Å². The molecule has 0 spiro atoms. The molecule has 7 heteroatoms. The Morgan fingerprint density at radius 1 is 1.25 bits per heavy atom. The van der Waals surface area contributed by atoms with E-state index in [-0.39, 0.29) is 25.2 Å². The van der Waals surface area contributed by atoms with E-state index in [1.165, 1.54) is 11.8 Å². The highest BCUT2D eigenvalue weighted by Crippen LogP contribution is 2.00. The second-order valence-electron chi connectivity index (χ2n) is 3.13. The standard InChI is InChI=1S/C9H15NO5S/c1-16-5-4-7(11)10-6(9(14)15)2-3-8(12)13/h6H,2-5H2,1H3,(H,10,11)(H,12,13)(H,14,15)/t6-/m0/s1. The van der Waals surface area contributed by atoms with Crippen LogP contribution < -0.4 is 5.32 Å². The molecule has 0 rings (SSSR count). The number of nitrogens with one attached hydrogen (secondary N) is 1. The lowest BCUT2D eigenvalue weighted by atomic mass is 10.1. The molecule has 0 saturated carbocycles. The molecule has 1 amide bonds. The minimum absolute atomic E-state index is 0.102. The van der Waals surface area contributed by atoms with Crippen LogP contribution in [-0.4, -0.2) is 46.1 Å². The topological polar surface area (TPSA) is 104 Å². The quantitative estimate of drug-likeness (QED) is 0.566. The number of hydrogen-bond acceptors (Lipinski definition) is 4. The molecule has 6 nitrogen and oxygen atoms in total. The number of thioether (sulfide) groups is 1. The van der Waals surface area contributed by atoms with Gasteiger partial charge in [-0.2, -0.15) is 11.8 Å². The predicted octanol–water partition coefficient (Wildman–Crippen LogP) is 0.174. The molecule has 0 aliphatic rings. The molecule has 16 heavy (non-hydrogen) atoms. The Morgan fingerprint density at radius 2 is 1.88 bits per heavy atom. The van der Waals surface area contributed by atoms with Crippen molar-refractivity contribution in [3.63, 3.8) is 0 Å². The largest absolute Gasteiger partial charge is 0.481 e.